The van der Waals surface area contributed by atoms with Gasteiger partial charge in [-0.1, -0.05) is 0 Å². The molecule has 0 aromatic heterocycles. The van der Waals surface area contributed by atoms with Crippen LogP contribution >= 0.6 is 0 Å². The standard InChI is InChI=1S/C2H6O.2Ca.4H/c1-2-3;;;;;;/h3H,2H2,1H3;;;;;;. The van der Waals surface area contributed by atoms with Crippen molar-refractivity contribution in [3.05, 3.63) is 0 Å². The quantitative estimate of drug-likeness (QED) is 0.382. The van der Waals surface area contributed by atoms with Crippen molar-refractivity contribution < 1.29 is 5.11 Å². The number of aliphatic hydroxyl groups is 1. The molecule has 0 saturated heterocycles. The average molecular weight is 130 g/mol. The molecule has 0 spiro atoms. The van der Waals surface area contributed by atoms with Gasteiger partial charge in [-0.25, -0.2) is 0 Å². The Hall–Kier alpha value is 2.48. The van der Waals surface area contributed by atoms with Crippen LogP contribution in [0, 0.1) is 0 Å². The van der Waals surface area contributed by atoms with Gasteiger partial charge in [0.15, 0.2) is 0 Å². The van der Waals surface area contributed by atoms with E-state index in [1.54, 1.807) is 6.92 Å². The summed E-state index contributed by atoms with van der Waals surface area (Å²) in [5.74, 6) is 0. The molecule has 0 amide bonds. The van der Waals surface area contributed by atoms with E-state index in [-0.39, 0.29) is 82.1 Å². The molecule has 0 aromatic rings. The average Bonchev–Trinajstić information content (AvgIpc) is 0.918. The first-order valence-corrected chi connectivity index (χ1v) is 1.02. The molecule has 1 nitrogen and oxygen atoms in total. The van der Waals surface area contributed by atoms with Crippen molar-refractivity contribution in [3.8, 4) is 0 Å². The first-order valence-electron chi connectivity index (χ1n) is 1.02. The maximum atomic E-state index is 7.57. The van der Waals surface area contributed by atoms with Crippen LogP contribution in [0.15, 0.2) is 0 Å². The van der Waals surface area contributed by atoms with E-state index in [2.05, 4.69) is 0 Å². The molecule has 0 rings (SSSR count). The molecule has 1 N–H and O–H groups in total. The zero-order valence-corrected chi connectivity index (χ0v) is 2.15. The third-order valence-electron chi connectivity index (χ3n) is 0. The summed E-state index contributed by atoms with van der Waals surface area (Å²) in [7, 11) is 0. The van der Waals surface area contributed by atoms with Gasteiger partial charge in [0.1, 0.15) is 0 Å². The second-order valence-electron chi connectivity index (χ2n) is 0.316. The van der Waals surface area contributed by atoms with E-state index in [1.807, 2.05) is 0 Å². The molecule has 28 valence electrons. The van der Waals surface area contributed by atoms with Crippen molar-refractivity contribution in [2.75, 3.05) is 6.61 Å². The van der Waals surface area contributed by atoms with Gasteiger partial charge in [-0.2, -0.15) is 0 Å². The number of rotatable bonds is 0. The zero-order chi connectivity index (χ0) is 2.71. The van der Waals surface area contributed by atoms with Gasteiger partial charge >= 0.3 is 75.5 Å². The van der Waals surface area contributed by atoms with Crippen LogP contribution in [0.1, 0.15) is 6.92 Å². The van der Waals surface area contributed by atoms with Gasteiger partial charge in [-0.3, -0.25) is 0 Å². The van der Waals surface area contributed by atoms with E-state index in [0.717, 1.165) is 0 Å². The molecule has 0 atom stereocenters. The van der Waals surface area contributed by atoms with E-state index in [1.165, 1.54) is 0 Å². The number of hydrogen-bond acceptors (Lipinski definition) is 1. The molecule has 0 unspecified atom stereocenters. The Bertz CT molecular complexity index is 7.61. The van der Waals surface area contributed by atoms with E-state index >= 15 is 0 Å². The number of aliphatic hydroxyl groups excluding tert-OH is 1. The summed E-state index contributed by atoms with van der Waals surface area (Å²) in [5, 5.41) is 7.57. The Morgan fingerprint density at radius 3 is 1.40 bits per heavy atom. The zero-order valence-electron chi connectivity index (χ0n) is 2.15. The van der Waals surface area contributed by atoms with Gasteiger partial charge < -0.3 is 5.11 Å². The molecule has 0 aliphatic rings. The predicted molar refractivity (Wildman–Crippen MR) is 29.8 cm³/mol. The van der Waals surface area contributed by atoms with Crippen LogP contribution in [0.3, 0.4) is 0 Å². The third kappa shape index (κ3) is 21.1. The van der Waals surface area contributed by atoms with Crippen LogP contribution in [0.5, 0.6) is 0 Å². The van der Waals surface area contributed by atoms with Crippen LogP contribution in [-0.2, 0) is 0 Å². The van der Waals surface area contributed by atoms with Crippen molar-refractivity contribution in [2.45, 2.75) is 6.92 Å². The molecule has 0 fully saturated rings. The summed E-state index contributed by atoms with van der Waals surface area (Å²) in [6.07, 6.45) is 0. The second-order valence-corrected chi connectivity index (χ2v) is 0.316. The van der Waals surface area contributed by atoms with Gasteiger partial charge in [0, 0.05) is 6.61 Å². The Balaban J connectivity index is -0.0000000200. The first kappa shape index (κ1) is 15.6. The van der Waals surface area contributed by atoms with Crippen molar-refractivity contribution in [3.63, 3.8) is 0 Å². The maximum absolute atomic E-state index is 7.57. The molecule has 0 saturated carbocycles. The number of hydrogen-bond donors (Lipinski definition) is 1. The Labute approximate surface area is 92.1 Å². The minimum absolute atomic E-state index is 0. The summed E-state index contributed by atoms with van der Waals surface area (Å²) in [6.45, 7) is 1.93. The molecule has 0 heterocycles. The fraction of sp³-hybridized carbons (Fsp3) is 1.00. The minimum atomic E-state index is 0. The Morgan fingerprint density at radius 2 is 1.40 bits per heavy atom. The molecular formula is C2H10Ca2O. The van der Waals surface area contributed by atoms with Crippen molar-refractivity contribution >= 4 is 75.5 Å². The van der Waals surface area contributed by atoms with Crippen molar-refractivity contribution in [1.29, 1.82) is 0 Å². The molecule has 0 aliphatic heterocycles. The van der Waals surface area contributed by atoms with Gasteiger partial charge in [0.25, 0.3) is 0 Å². The van der Waals surface area contributed by atoms with Crippen LogP contribution in [0.4, 0.5) is 0 Å². The molecule has 0 aliphatic carbocycles. The molecule has 5 heavy (non-hydrogen) atoms. The normalized spacial score (nSPS) is 3.60. The van der Waals surface area contributed by atoms with Crippen molar-refractivity contribution in [1.82, 2.24) is 0 Å². The molecular weight excluding hydrogens is 120 g/mol. The summed E-state index contributed by atoms with van der Waals surface area (Å²) >= 11 is 0. The van der Waals surface area contributed by atoms with Crippen LogP contribution in [-0.4, -0.2) is 87.2 Å². The van der Waals surface area contributed by atoms with E-state index in [0.29, 0.717) is 0 Å². The fourth-order valence-corrected chi connectivity index (χ4v) is 0. The molecule has 3 heteroatoms. The molecule has 0 radical (unpaired) electrons. The van der Waals surface area contributed by atoms with Crippen LogP contribution < -0.4 is 0 Å². The fourth-order valence-electron chi connectivity index (χ4n) is 0. The van der Waals surface area contributed by atoms with E-state index in [9.17, 15) is 0 Å². The van der Waals surface area contributed by atoms with Gasteiger partial charge in [-0.05, 0) is 6.92 Å². The summed E-state index contributed by atoms with van der Waals surface area (Å²) in [6, 6.07) is 0. The predicted octanol–water partition coefficient (Wildman–Crippen LogP) is -1.83. The SMILES string of the molecule is CCO.[CaH2].[CaH2]. The Morgan fingerprint density at radius 1 is 1.40 bits per heavy atom. The summed E-state index contributed by atoms with van der Waals surface area (Å²) in [5.41, 5.74) is 0. The Kier molecular flexibility index (Phi) is 50.3. The molecule has 0 bridgehead atoms. The summed E-state index contributed by atoms with van der Waals surface area (Å²) in [4.78, 5) is 0. The van der Waals surface area contributed by atoms with Gasteiger partial charge in [0.2, 0.25) is 0 Å². The monoisotopic (exact) mass is 130 g/mol. The topological polar surface area (TPSA) is 20.2 Å². The molecule has 0 aromatic carbocycles. The van der Waals surface area contributed by atoms with E-state index in [4.69, 9.17) is 5.11 Å². The third-order valence-corrected chi connectivity index (χ3v) is 0. The summed E-state index contributed by atoms with van der Waals surface area (Å²) < 4.78 is 0. The first-order chi connectivity index (χ1) is 1.41. The van der Waals surface area contributed by atoms with Gasteiger partial charge in [0.05, 0.1) is 0 Å². The van der Waals surface area contributed by atoms with Gasteiger partial charge in [-0.15, -0.1) is 0 Å². The van der Waals surface area contributed by atoms with E-state index < -0.39 is 0 Å². The van der Waals surface area contributed by atoms with Crippen LogP contribution in [0.25, 0.3) is 0 Å². The van der Waals surface area contributed by atoms with Crippen molar-refractivity contribution in [2.24, 2.45) is 0 Å². The van der Waals surface area contributed by atoms with Crippen LogP contribution in [0.2, 0.25) is 0 Å². The second kappa shape index (κ2) is 16.1.